The standard InChI is InChI=1S/C19H20FN3O3/c20-15-5-1-2-6-16(15)26-14-11-19(25-12-14)7-3-10-23(13-19)18(24)17-21-8-4-9-22-17/h1-2,4-6,8-9,14H,3,7,10-13H2/t14-,19-/m1/s1. The molecule has 0 N–H and O–H groups in total. The number of hydrogen-bond donors (Lipinski definition) is 0. The van der Waals surface area contributed by atoms with Crippen LogP contribution in [0.1, 0.15) is 29.9 Å². The number of carbonyl (C=O) groups excluding carboxylic acids is 1. The van der Waals surface area contributed by atoms with Crippen LogP contribution in [0, 0.1) is 5.82 Å². The van der Waals surface area contributed by atoms with Gasteiger partial charge in [-0.1, -0.05) is 12.1 Å². The topological polar surface area (TPSA) is 64.6 Å². The number of para-hydroxylation sites is 1. The molecule has 2 aliphatic heterocycles. The van der Waals surface area contributed by atoms with Crippen molar-refractivity contribution in [2.45, 2.75) is 31.0 Å². The molecule has 2 atom stereocenters. The molecule has 1 spiro atoms. The monoisotopic (exact) mass is 357 g/mol. The second-order valence-electron chi connectivity index (χ2n) is 6.77. The number of amides is 1. The zero-order valence-corrected chi connectivity index (χ0v) is 14.3. The van der Waals surface area contributed by atoms with Gasteiger partial charge in [0.1, 0.15) is 6.10 Å². The highest BCUT2D eigenvalue weighted by Crippen LogP contribution is 2.36. The van der Waals surface area contributed by atoms with Crippen molar-refractivity contribution in [2.24, 2.45) is 0 Å². The normalized spacial score (nSPS) is 25.4. The van der Waals surface area contributed by atoms with Crippen LogP contribution in [0.3, 0.4) is 0 Å². The molecule has 0 aliphatic carbocycles. The number of halogens is 1. The van der Waals surface area contributed by atoms with E-state index in [0.29, 0.717) is 26.1 Å². The maximum atomic E-state index is 13.8. The van der Waals surface area contributed by atoms with Gasteiger partial charge in [-0.3, -0.25) is 4.79 Å². The van der Waals surface area contributed by atoms with Crippen LogP contribution in [-0.2, 0) is 4.74 Å². The molecule has 0 unspecified atom stereocenters. The number of hydrogen-bond acceptors (Lipinski definition) is 5. The quantitative estimate of drug-likeness (QED) is 0.844. The summed E-state index contributed by atoms with van der Waals surface area (Å²) >= 11 is 0. The van der Waals surface area contributed by atoms with Crippen molar-refractivity contribution in [2.75, 3.05) is 19.7 Å². The third kappa shape index (κ3) is 3.39. The van der Waals surface area contributed by atoms with E-state index in [1.807, 2.05) is 0 Å². The maximum Gasteiger partial charge on any atom is 0.291 e. The summed E-state index contributed by atoms with van der Waals surface area (Å²) in [6, 6.07) is 8.04. The van der Waals surface area contributed by atoms with Crippen molar-refractivity contribution in [1.29, 1.82) is 0 Å². The zero-order chi connectivity index (χ0) is 18.0. The summed E-state index contributed by atoms with van der Waals surface area (Å²) in [6.07, 6.45) is 5.21. The fourth-order valence-electron chi connectivity index (χ4n) is 3.70. The summed E-state index contributed by atoms with van der Waals surface area (Å²) in [5.74, 6) is -0.136. The Hall–Kier alpha value is -2.54. The zero-order valence-electron chi connectivity index (χ0n) is 14.3. The van der Waals surface area contributed by atoms with Crippen molar-refractivity contribution in [3.8, 4) is 5.75 Å². The van der Waals surface area contributed by atoms with Gasteiger partial charge in [0.25, 0.3) is 5.91 Å². The maximum absolute atomic E-state index is 13.8. The lowest BCUT2D eigenvalue weighted by Gasteiger charge is -2.39. The Morgan fingerprint density at radius 3 is 2.88 bits per heavy atom. The number of likely N-dealkylation sites (tertiary alicyclic amines) is 1. The molecule has 2 fully saturated rings. The molecular formula is C19H20FN3O3. The predicted molar refractivity (Wildman–Crippen MR) is 91.3 cm³/mol. The van der Waals surface area contributed by atoms with E-state index in [1.54, 1.807) is 41.6 Å². The Kier molecular flexibility index (Phi) is 4.55. The SMILES string of the molecule is O=C(c1ncccn1)N1CCC[C@@]2(C[C@@H](Oc3ccccc3F)CO2)C1. The van der Waals surface area contributed by atoms with E-state index in [4.69, 9.17) is 9.47 Å². The minimum absolute atomic E-state index is 0.188. The molecule has 1 amide bonds. The number of ether oxygens (including phenoxy) is 2. The first-order chi connectivity index (χ1) is 12.7. The van der Waals surface area contributed by atoms with Crippen LogP contribution < -0.4 is 4.74 Å². The average Bonchev–Trinajstić information content (AvgIpc) is 3.05. The van der Waals surface area contributed by atoms with E-state index in [9.17, 15) is 9.18 Å². The van der Waals surface area contributed by atoms with Gasteiger partial charge < -0.3 is 14.4 Å². The molecule has 0 saturated carbocycles. The second kappa shape index (κ2) is 6.99. The van der Waals surface area contributed by atoms with Crippen LogP contribution in [0.15, 0.2) is 42.7 Å². The lowest BCUT2D eigenvalue weighted by molar-refractivity contribution is -0.0455. The molecule has 0 radical (unpaired) electrons. The fraction of sp³-hybridized carbons (Fsp3) is 0.421. The highest BCUT2D eigenvalue weighted by molar-refractivity contribution is 5.90. The van der Waals surface area contributed by atoms with Crippen LogP contribution in [-0.4, -0.2) is 52.2 Å². The van der Waals surface area contributed by atoms with Crippen molar-refractivity contribution < 1.29 is 18.7 Å². The molecule has 7 heteroatoms. The van der Waals surface area contributed by atoms with E-state index >= 15 is 0 Å². The van der Waals surface area contributed by atoms with E-state index < -0.39 is 5.60 Å². The number of rotatable bonds is 3. The molecule has 2 saturated heterocycles. The van der Waals surface area contributed by atoms with E-state index in [0.717, 1.165) is 12.8 Å². The van der Waals surface area contributed by atoms with Gasteiger partial charge in [-0.05, 0) is 31.0 Å². The minimum Gasteiger partial charge on any atom is -0.485 e. The molecule has 4 rings (SSSR count). The van der Waals surface area contributed by atoms with E-state index in [1.165, 1.54) is 6.07 Å². The molecule has 0 bridgehead atoms. The average molecular weight is 357 g/mol. The van der Waals surface area contributed by atoms with Crippen LogP contribution in [0.2, 0.25) is 0 Å². The van der Waals surface area contributed by atoms with Crippen molar-refractivity contribution in [3.05, 3.63) is 54.4 Å². The lowest BCUT2D eigenvalue weighted by Crippen LogP contribution is -2.50. The van der Waals surface area contributed by atoms with Crippen LogP contribution in [0.4, 0.5) is 4.39 Å². The van der Waals surface area contributed by atoms with Crippen LogP contribution in [0.5, 0.6) is 5.75 Å². The van der Waals surface area contributed by atoms with Gasteiger partial charge in [-0.15, -0.1) is 0 Å². The van der Waals surface area contributed by atoms with Crippen LogP contribution in [0.25, 0.3) is 0 Å². The molecule has 2 aromatic rings. The molecule has 26 heavy (non-hydrogen) atoms. The van der Waals surface area contributed by atoms with Crippen LogP contribution >= 0.6 is 0 Å². The third-order valence-electron chi connectivity index (χ3n) is 4.89. The van der Waals surface area contributed by atoms with Crippen molar-refractivity contribution >= 4 is 5.91 Å². The number of nitrogens with zero attached hydrogens (tertiary/aromatic N) is 3. The van der Waals surface area contributed by atoms with Gasteiger partial charge in [0.15, 0.2) is 11.6 Å². The van der Waals surface area contributed by atoms with Gasteiger partial charge >= 0.3 is 0 Å². The number of aromatic nitrogens is 2. The lowest BCUT2D eigenvalue weighted by atomic mass is 9.89. The Morgan fingerprint density at radius 2 is 2.08 bits per heavy atom. The Bertz CT molecular complexity index is 789. The van der Waals surface area contributed by atoms with Gasteiger partial charge in [0, 0.05) is 25.4 Å². The van der Waals surface area contributed by atoms with Gasteiger partial charge in [0.2, 0.25) is 5.82 Å². The first-order valence-electron chi connectivity index (χ1n) is 8.77. The largest absolute Gasteiger partial charge is 0.485 e. The Labute approximate surface area is 151 Å². The summed E-state index contributed by atoms with van der Waals surface area (Å²) in [5.41, 5.74) is -0.446. The molecule has 2 aliphatic rings. The summed E-state index contributed by atoms with van der Waals surface area (Å²) in [5, 5.41) is 0. The number of piperidine rings is 1. The molecule has 136 valence electrons. The van der Waals surface area contributed by atoms with Gasteiger partial charge in [-0.2, -0.15) is 0 Å². The fourth-order valence-corrected chi connectivity index (χ4v) is 3.70. The highest BCUT2D eigenvalue weighted by atomic mass is 19.1. The molecule has 1 aromatic heterocycles. The molecular weight excluding hydrogens is 337 g/mol. The number of benzene rings is 1. The second-order valence-corrected chi connectivity index (χ2v) is 6.77. The number of carbonyl (C=O) groups is 1. The summed E-state index contributed by atoms with van der Waals surface area (Å²) in [7, 11) is 0. The van der Waals surface area contributed by atoms with Crippen molar-refractivity contribution in [1.82, 2.24) is 14.9 Å². The summed E-state index contributed by atoms with van der Waals surface area (Å²) in [6.45, 7) is 1.51. The van der Waals surface area contributed by atoms with Crippen molar-refractivity contribution in [3.63, 3.8) is 0 Å². The summed E-state index contributed by atoms with van der Waals surface area (Å²) in [4.78, 5) is 22.4. The van der Waals surface area contributed by atoms with Gasteiger partial charge in [-0.25, -0.2) is 14.4 Å². The first kappa shape index (κ1) is 16.9. The third-order valence-corrected chi connectivity index (χ3v) is 4.89. The minimum atomic E-state index is -0.446. The van der Waals surface area contributed by atoms with E-state index in [-0.39, 0.29) is 29.4 Å². The molecule has 6 nitrogen and oxygen atoms in total. The van der Waals surface area contributed by atoms with E-state index in [2.05, 4.69) is 9.97 Å². The summed E-state index contributed by atoms with van der Waals surface area (Å²) < 4.78 is 25.6. The predicted octanol–water partition coefficient (Wildman–Crippen LogP) is 2.46. The molecule has 3 heterocycles. The van der Waals surface area contributed by atoms with Gasteiger partial charge in [0.05, 0.1) is 18.8 Å². The highest BCUT2D eigenvalue weighted by Gasteiger charge is 2.45. The molecule has 1 aromatic carbocycles. The smallest absolute Gasteiger partial charge is 0.291 e. The Morgan fingerprint density at radius 1 is 1.27 bits per heavy atom. The first-order valence-corrected chi connectivity index (χ1v) is 8.77. The Balaban J connectivity index is 1.43.